The summed E-state index contributed by atoms with van der Waals surface area (Å²) in [5, 5.41) is 11.8. The number of anilines is 2. The summed E-state index contributed by atoms with van der Waals surface area (Å²) >= 11 is 0. The molecule has 1 atom stereocenters. The van der Waals surface area contributed by atoms with Gasteiger partial charge < -0.3 is 9.80 Å². The predicted molar refractivity (Wildman–Crippen MR) is 146 cm³/mol. The van der Waals surface area contributed by atoms with E-state index in [1.165, 1.54) is 29.8 Å². The first-order chi connectivity index (χ1) is 20.8. The Balaban J connectivity index is 1.94. The highest BCUT2D eigenvalue weighted by atomic mass is 19.4. The molecule has 3 aromatic rings. The number of alkyl halides is 9. The number of hydrogen-bond donors (Lipinski definition) is 0. The summed E-state index contributed by atoms with van der Waals surface area (Å²) in [5.74, 6) is -1.03. The molecule has 0 radical (unpaired) electrons. The van der Waals surface area contributed by atoms with Gasteiger partial charge in [-0.15, -0.1) is 5.10 Å². The molecule has 16 heteroatoms. The molecule has 2 heterocycles. The summed E-state index contributed by atoms with van der Waals surface area (Å²) in [5.41, 5.74) is -4.38. The van der Waals surface area contributed by atoms with E-state index < -0.39 is 53.7 Å². The molecule has 1 unspecified atom stereocenters. The number of nitrogens with zero attached hydrogens (tertiary/aromatic N) is 6. The zero-order valence-electron chi connectivity index (χ0n) is 24.8. The van der Waals surface area contributed by atoms with Gasteiger partial charge in [-0.2, -0.15) is 44.3 Å². The summed E-state index contributed by atoms with van der Waals surface area (Å²) < 4.78 is 124. The third-order valence-corrected chi connectivity index (χ3v) is 7.92. The fraction of sp³-hybridized carbons (Fsp3) is 0.517. The molecular weight excluding hydrogens is 619 g/mol. The Morgan fingerprint density at radius 2 is 1.53 bits per heavy atom. The van der Waals surface area contributed by atoms with Gasteiger partial charge in [-0.25, -0.2) is 0 Å². The Morgan fingerprint density at radius 3 is 2.02 bits per heavy atom. The van der Waals surface area contributed by atoms with Crippen LogP contribution in [0.3, 0.4) is 0 Å². The molecule has 0 fully saturated rings. The number of rotatable bonds is 7. The van der Waals surface area contributed by atoms with Crippen LogP contribution in [-0.4, -0.2) is 32.7 Å². The number of carbonyl (C=O) groups excluding carboxylic acids is 1. The lowest BCUT2D eigenvalue weighted by molar-refractivity contribution is -0.143. The molecule has 246 valence electrons. The third kappa shape index (κ3) is 7.35. The van der Waals surface area contributed by atoms with Crippen LogP contribution in [0, 0.1) is 12.8 Å². The van der Waals surface area contributed by atoms with Crippen LogP contribution < -0.4 is 9.80 Å². The van der Waals surface area contributed by atoms with Crippen LogP contribution in [0.5, 0.6) is 0 Å². The molecule has 1 amide bonds. The van der Waals surface area contributed by atoms with Gasteiger partial charge in [-0.1, -0.05) is 25.0 Å². The lowest BCUT2D eigenvalue weighted by Crippen LogP contribution is -2.37. The second-order valence-electron chi connectivity index (χ2n) is 11.0. The lowest BCUT2D eigenvalue weighted by Gasteiger charge is -2.33. The van der Waals surface area contributed by atoms with Crippen molar-refractivity contribution in [1.29, 1.82) is 0 Å². The van der Waals surface area contributed by atoms with Crippen molar-refractivity contribution in [3.05, 3.63) is 63.7 Å². The van der Waals surface area contributed by atoms with Crippen molar-refractivity contribution < 1.29 is 44.3 Å². The fourth-order valence-electron chi connectivity index (χ4n) is 5.67. The number of benzene rings is 2. The monoisotopic (exact) mass is 650 g/mol. The number of fused-ring (bicyclic) bond motifs is 1. The average molecular weight is 651 g/mol. The van der Waals surface area contributed by atoms with Crippen molar-refractivity contribution >= 4 is 17.5 Å². The van der Waals surface area contributed by atoms with Crippen LogP contribution in [-0.2, 0) is 36.9 Å². The van der Waals surface area contributed by atoms with Gasteiger partial charge in [-0.05, 0) is 78.8 Å². The van der Waals surface area contributed by atoms with E-state index in [1.807, 2.05) is 0 Å². The van der Waals surface area contributed by atoms with Crippen LogP contribution >= 0.6 is 0 Å². The number of aryl methyl sites for hydroxylation is 2. The van der Waals surface area contributed by atoms with Crippen molar-refractivity contribution in [3.63, 3.8) is 0 Å². The molecule has 1 aromatic heterocycles. The van der Waals surface area contributed by atoms with E-state index >= 15 is 0 Å². The van der Waals surface area contributed by atoms with Crippen LogP contribution in [0.15, 0.2) is 30.3 Å². The molecule has 2 aromatic carbocycles. The summed E-state index contributed by atoms with van der Waals surface area (Å²) in [6, 6.07) is 2.37. The van der Waals surface area contributed by atoms with E-state index in [4.69, 9.17) is 0 Å². The number of halogens is 9. The maximum absolute atomic E-state index is 14.1. The predicted octanol–water partition coefficient (Wildman–Crippen LogP) is 7.89. The topological polar surface area (TPSA) is 67.2 Å². The van der Waals surface area contributed by atoms with Gasteiger partial charge in [0, 0.05) is 24.7 Å². The first-order valence-corrected chi connectivity index (χ1v) is 14.2. The van der Waals surface area contributed by atoms with Crippen LogP contribution in [0.25, 0.3) is 0 Å². The molecule has 0 aliphatic carbocycles. The standard InChI is InChI=1S/C29H31F9N6O/c1-5-18(6-2)25(45)43-9-7-8-23(21-10-16(3)22(14-24(21)43)29(36,37)38)44(26-39-41-42(4)40-26)15-17-11-19(27(30,31)32)13-20(12-17)28(33,34)35/h10-14,18,23H,5-9,15H2,1-4H3. The highest BCUT2D eigenvalue weighted by molar-refractivity contribution is 5.96. The smallest absolute Gasteiger partial charge is 0.327 e. The summed E-state index contributed by atoms with van der Waals surface area (Å²) in [6.45, 7) is 4.28. The Morgan fingerprint density at radius 1 is 0.933 bits per heavy atom. The summed E-state index contributed by atoms with van der Waals surface area (Å²) in [6.07, 6.45) is -13.7. The van der Waals surface area contributed by atoms with E-state index in [0.29, 0.717) is 25.0 Å². The quantitative estimate of drug-likeness (QED) is 0.244. The molecule has 0 saturated heterocycles. The SMILES string of the molecule is CCC(CC)C(=O)N1CCCC(N(Cc2cc(C(F)(F)F)cc(C(F)(F)F)c2)c2nnn(C)n2)c2cc(C)c(C(F)(F)F)cc21. The van der Waals surface area contributed by atoms with E-state index in [-0.39, 0.29) is 59.7 Å². The lowest BCUT2D eigenvalue weighted by atomic mass is 9.93. The number of aromatic nitrogens is 4. The Bertz CT molecular complexity index is 1490. The zero-order chi connectivity index (χ0) is 33.5. The molecule has 0 saturated carbocycles. The highest BCUT2D eigenvalue weighted by Crippen LogP contribution is 2.44. The number of carbonyl (C=O) groups is 1. The van der Waals surface area contributed by atoms with Gasteiger partial charge in [0.15, 0.2) is 0 Å². The van der Waals surface area contributed by atoms with E-state index in [2.05, 4.69) is 15.4 Å². The molecule has 45 heavy (non-hydrogen) atoms. The van der Waals surface area contributed by atoms with Gasteiger partial charge in [0.05, 0.1) is 29.8 Å². The Hall–Kier alpha value is -3.85. The minimum Gasteiger partial charge on any atom is -0.327 e. The fourth-order valence-corrected chi connectivity index (χ4v) is 5.67. The molecule has 1 aliphatic heterocycles. The first kappa shape index (κ1) is 34.0. The average Bonchev–Trinajstić information content (AvgIpc) is 3.28. The van der Waals surface area contributed by atoms with E-state index in [0.717, 1.165) is 10.9 Å². The molecule has 7 nitrogen and oxygen atoms in total. The highest BCUT2D eigenvalue weighted by Gasteiger charge is 2.40. The number of hydrogen-bond acceptors (Lipinski definition) is 5. The van der Waals surface area contributed by atoms with Crippen LogP contribution in [0.4, 0.5) is 51.1 Å². The third-order valence-electron chi connectivity index (χ3n) is 7.92. The second-order valence-corrected chi connectivity index (χ2v) is 11.0. The van der Waals surface area contributed by atoms with Gasteiger partial charge in [0.25, 0.3) is 5.95 Å². The van der Waals surface area contributed by atoms with Gasteiger partial charge >= 0.3 is 18.5 Å². The molecule has 0 bridgehead atoms. The van der Waals surface area contributed by atoms with Gasteiger partial charge in [0.1, 0.15) is 0 Å². The van der Waals surface area contributed by atoms with Crippen LogP contribution in [0.2, 0.25) is 0 Å². The summed E-state index contributed by atoms with van der Waals surface area (Å²) in [7, 11) is 1.40. The Labute approximate surface area is 253 Å². The number of amides is 1. The second kappa shape index (κ2) is 12.5. The van der Waals surface area contributed by atoms with Gasteiger partial charge in [0.2, 0.25) is 5.91 Å². The largest absolute Gasteiger partial charge is 0.416 e. The Kier molecular flexibility index (Phi) is 9.46. The molecular formula is C29H31F9N6O. The minimum absolute atomic E-state index is 0.0127. The van der Waals surface area contributed by atoms with E-state index in [9.17, 15) is 44.3 Å². The van der Waals surface area contributed by atoms with Crippen molar-refractivity contribution in [3.8, 4) is 0 Å². The van der Waals surface area contributed by atoms with Gasteiger partial charge in [-0.3, -0.25) is 4.79 Å². The molecule has 0 spiro atoms. The normalized spacial score (nSPS) is 16.1. The van der Waals surface area contributed by atoms with E-state index in [1.54, 1.807) is 13.8 Å². The van der Waals surface area contributed by atoms with Crippen molar-refractivity contribution in [2.24, 2.45) is 13.0 Å². The van der Waals surface area contributed by atoms with Crippen LogP contribution in [0.1, 0.15) is 79.0 Å². The minimum atomic E-state index is -5.10. The maximum atomic E-state index is 14.1. The molecule has 1 aliphatic rings. The molecule has 0 N–H and O–H groups in total. The zero-order valence-corrected chi connectivity index (χ0v) is 24.8. The first-order valence-electron chi connectivity index (χ1n) is 14.2. The van der Waals surface area contributed by atoms with Crippen molar-refractivity contribution in [1.82, 2.24) is 20.2 Å². The summed E-state index contributed by atoms with van der Waals surface area (Å²) in [4.78, 5) is 17.3. The van der Waals surface area contributed by atoms with Crippen molar-refractivity contribution in [2.75, 3.05) is 16.3 Å². The van der Waals surface area contributed by atoms with Crippen molar-refractivity contribution in [2.45, 2.75) is 77.6 Å². The molecule has 4 rings (SSSR count). The maximum Gasteiger partial charge on any atom is 0.416 e. The number of tetrazole rings is 1.